The summed E-state index contributed by atoms with van der Waals surface area (Å²) in [4.78, 5) is 7.16. The van der Waals surface area contributed by atoms with E-state index in [0.29, 0.717) is 0 Å². The molecule has 0 unspecified atom stereocenters. The number of nitrogens with zero attached hydrogens (tertiary/aromatic N) is 7. The second-order valence-electron chi connectivity index (χ2n) is 9.21. The molecule has 0 N–H and O–H groups in total. The highest BCUT2D eigenvalue weighted by Gasteiger charge is 2.31. The van der Waals surface area contributed by atoms with Crippen LogP contribution in [0.1, 0.15) is 48.4 Å². The number of aryl methyl sites for hydroxylation is 1. The molecule has 1 fully saturated rings. The van der Waals surface area contributed by atoms with Crippen molar-refractivity contribution in [1.29, 1.82) is 0 Å². The Labute approximate surface area is 191 Å². The average molecular weight is 434 g/mol. The molecule has 32 heavy (non-hydrogen) atoms. The maximum Gasteiger partial charge on any atom is 0.173 e. The highest BCUT2D eigenvalue weighted by molar-refractivity contribution is 5.56. The Balaban J connectivity index is 1.62. The van der Waals surface area contributed by atoms with Crippen molar-refractivity contribution in [3.05, 3.63) is 65.0 Å². The fourth-order valence-corrected chi connectivity index (χ4v) is 4.53. The lowest BCUT2D eigenvalue weighted by molar-refractivity contribution is 0.199. The van der Waals surface area contributed by atoms with E-state index in [2.05, 4.69) is 114 Å². The van der Waals surface area contributed by atoms with Crippen molar-refractivity contribution in [2.75, 3.05) is 50.1 Å². The minimum absolute atomic E-state index is 0.0318. The van der Waals surface area contributed by atoms with Crippen LogP contribution in [0.4, 0.5) is 11.4 Å². The van der Waals surface area contributed by atoms with Crippen LogP contribution < -0.4 is 9.80 Å². The van der Waals surface area contributed by atoms with Crippen molar-refractivity contribution in [2.45, 2.75) is 39.8 Å². The lowest BCUT2D eigenvalue weighted by Gasteiger charge is -2.40. The predicted molar refractivity (Wildman–Crippen MR) is 131 cm³/mol. The monoisotopic (exact) mass is 433 g/mol. The van der Waals surface area contributed by atoms with Crippen LogP contribution >= 0.6 is 0 Å². The minimum atomic E-state index is 0.0318. The first-order chi connectivity index (χ1) is 15.4. The van der Waals surface area contributed by atoms with Gasteiger partial charge in [-0.25, -0.2) is 4.68 Å². The van der Waals surface area contributed by atoms with E-state index in [1.54, 1.807) is 0 Å². The van der Waals surface area contributed by atoms with E-state index in [1.807, 2.05) is 4.68 Å². The van der Waals surface area contributed by atoms with E-state index >= 15 is 0 Å². The number of anilines is 2. The van der Waals surface area contributed by atoms with Crippen LogP contribution in [0.15, 0.2) is 42.5 Å². The molecule has 170 valence electrons. The highest BCUT2D eigenvalue weighted by Crippen LogP contribution is 2.32. The normalized spacial score (nSPS) is 15.9. The van der Waals surface area contributed by atoms with Gasteiger partial charge in [0.25, 0.3) is 0 Å². The van der Waals surface area contributed by atoms with Gasteiger partial charge >= 0.3 is 0 Å². The van der Waals surface area contributed by atoms with Gasteiger partial charge in [-0.15, -0.1) is 5.10 Å². The van der Waals surface area contributed by atoms with Gasteiger partial charge in [-0.2, -0.15) is 0 Å². The molecular weight excluding hydrogens is 398 g/mol. The molecule has 0 bridgehead atoms. The largest absolute Gasteiger partial charge is 0.378 e. The predicted octanol–water partition coefficient (Wildman–Crippen LogP) is 3.85. The quantitative estimate of drug-likeness (QED) is 0.589. The fourth-order valence-electron chi connectivity index (χ4n) is 4.53. The van der Waals surface area contributed by atoms with E-state index in [-0.39, 0.29) is 12.1 Å². The SMILES string of the molecule is Cc1cccc(N2CCN([C@@H](c3ccc(N(C)C)cc3)c3nnnn3C(C)C)CC2)c1C. The molecule has 2 aromatic carbocycles. The summed E-state index contributed by atoms with van der Waals surface area (Å²) in [7, 11) is 4.14. The van der Waals surface area contributed by atoms with Gasteiger partial charge in [-0.1, -0.05) is 24.3 Å². The Morgan fingerprint density at radius 3 is 2.22 bits per heavy atom. The van der Waals surface area contributed by atoms with Gasteiger partial charge in [0.2, 0.25) is 0 Å². The molecule has 0 amide bonds. The van der Waals surface area contributed by atoms with Gasteiger partial charge in [0.05, 0.1) is 12.1 Å². The summed E-state index contributed by atoms with van der Waals surface area (Å²) < 4.78 is 1.96. The van der Waals surface area contributed by atoms with Gasteiger partial charge < -0.3 is 9.80 Å². The number of piperazine rings is 1. The van der Waals surface area contributed by atoms with Crippen molar-refractivity contribution in [1.82, 2.24) is 25.1 Å². The lowest BCUT2D eigenvalue weighted by atomic mass is 10.0. The van der Waals surface area contributed by atoms with E-state index in [0.717, 1.165) is 32.0 Å². The second kappa shape index (κ2) is 9.28. The first-order valence-electron chi connectivity index (χ1n) is 11.5. The molecule has 0 aliphatic carbocycles. The first kappa shape index (κ1) is 22.3. The summed E-state index contributed by atoms with van der Waals surface area (Å²) in [6, 6.07) is 15.6. The van der Waals surface area contributed by atoms with Gasteiger partial charge in [-0.3, -0.25) is 4.90 Å². The third-order valence-corrected chi connectivity index (χ3v) is 6.57. The van der Waals surface area contributed by atoms with Crippen molar-refractivity contribution in [2.24, 2.45) is 0 Å². The average Bonchev–Trinajstić information content (AvgIpc) is 3.27. The molecule has 7 heteroatoms. The van der Waals surface area contributed by atoms with Crippen LogP contribution in [0.25, 0.3) is 0 Å². The molecule has 4 rings (SSSR count). The van der Waals surface area contributed by atoms with Gasteiger partial charge in [0.15, 0.2) is 5.82 Å². The lowest BCUT2D eigenvalue weighted by Crippen LogP contribution is -2.48. The molecule has 1 aliphatic rings. The third-order valence-electron chi connectivity index (χ3n) is 6.57. The summed E-state index contributed by atoms with van der Waals surface area (Å²) in [6.07, 6.45) is 0. The Morgan fingerprint density at radius 1 is 0.906 bits per heavy atom. The van der Waals surface area contributed by atoms with E-state index < -0.39 is 0 Å². The highest BCUT2D eigenvalue weighted by atomic mass is 15.6. The van der Waals surface area contributed by atoms with Crippen LogP contribution in [-0.2, 0) is 0 Å². The molecule has 1 saturated heterocycles. The molecule has 3 aromatic rings. The van der Waals surface area contributed by atoms with Gasteiger partial charge in [0.1, 0.15) is 0 Å². The number of tetrazole rings is 1. The summed E-state index contributed by atoms with van der Waals surface area (Å²) in [6.45, 7) is 12.6. The van der Waals surface area contributed by atoms with Gasteiger partial charge in [-0.05, 0) is 73.0 Å². The van der Waals surface area contributed by atoms with Gasteiger partial charge in [0, 0.05) is 51.6 Å². The zero-order valence-electron chi connectivity index (χ0n) is 20.2. The zero-order chi connectivity index (χ0) is 22.8. The first-order valence-corrected chi connectivity index (χ1v) is 11.5. The minimum Gasteiger partial charge on any atom is -0.378 e. The standard InChI is InChI=1S/C25H35N7/c1-18(2)32-25(26-27-28-32)24(21-10-12-22(13-11-21)29(5)6)31-16-14-30(15-17-31)23-9-7-8-19(3)20(23)4/h7-13,18,24H,14-17H2,1-6H3/t24-/m0/s1. The Bertz CT molecular complexity index is 1030. The molecule has 0 spiro atoms. The maximum atomic E-state index is 4.49. The van der Waals surface area contributed by atoms with Crippen LogP contribution in [0.2, 0.25) is 0 Å². The molecule has 2 heterocycles. The summed E-state index contributed by atoms with van der Waals surface area (Å²) in [5.74, 6) is 0.915. The molecule has 7 nitrogen and oxygen atoms in total. The van der Waals surface area contributed by atoms with E-state index in [9.17, 15) is 0 Å². The molecule has 1 atom stereocenters. The number of benzene rings is 2. The van der Waals surface area contributed by atoms with E-state index in [1.165, 1.54) is 28.1 Å². The second-order valence-corrected chi connectivity index (χ2v) is 9.21. The summed E-state index contributed by atoms with van der Waals surface area (Å²) in [5.41, 5.74) is 6.49. The molecule has 1 aromatic heterocycles. The number of aromatic nitrogens is 4. The summed E-state index contributed by atoms with van der Waals surface area (Å²) >= 11 is 0. The Hall–Kier alpha value is -2.93. The van der Waals surface area contributed by atoms with Crippen LogP contribution in [0, 0.1) is 13.8 Å². The van der Waals surface area contributed by atoms with Crippen LogP contribution in [-0.4, -0.2) is 65.4 Å². The molecule has 1 aliphatic heterocycles. The smallest absolute Gasteiger partial charge is 0.173 e. The number of hydrogen-bond donors (Lipinski definition) is 0. The zero-order valence-corrected chi connectivity index (χ0v) is 20.2. The number of rotatable bonds is 6. The van der Waals surface area contributed by atoms with Crippen molar-refractivity contribution >= 4 is 11.4 Å². The van der Waals surface area contributed by atoms with Crippen molar-refractivity contribution in [3.8, 4) is 0 Å². The summed E-state index contributed by atoms with van der Waals surface area (Å²) in [5, 5.41) is 12.8. The van der Waals surface area contributed by atoms with Crippen LogP contribution in [0.5, 0.6) is 0 Å². The van der Waals surface area contributed by atoms with E-state index in [4.69, 9.17) is 0 Å². The topological polar surface area (TPSA) is 53.3 Å². The van der Waals surface area contributed by atoms with Crippen molar-refractivity contribution in [3.63, 3.8) is 0 Å². The Morgan fingerprint density at radius 2 is 1.59 bits per heavy atom. The fraction of sp³-hybridized carbons (Fsp3) is 0.480. The molecular formula is C25H35N7. The molecule has 0 saturated carbocycles. The Kier molecular flexibility index (Phi) is 6.46. The maximum absolute atomic E-state index is 4.49. The van der Waals surface area contributed by atoms with Crippen LogP contribution in [0.3, 0.4) is 0 Å². The van der Waals surface area contributed by atoms with Crippen molar-refractivity contribution < 1.29 is 0 Å². The third kappa shape index (κ3) is 4.35. The number of hydrogen-bond acceptors (Lipinski definition) is 6. The molecule has 0 radical (unpaired) electrons.